The lowest BCUT2D eigenvalue weighted by Gasteiger charge is -2.10. The largest absolute Gasteiger partial charge is 0.405 e. The van der Waals surface area contributed by atoms with Gasteiger partial charge in [-0.2, -0.15) is 13.2 Å². The third-order valence-electron chi connectivity index (χ3n) is 3.83. The molecule has 0 radical (unpaired) electrons. The number of hydrogen-bond donors (Lipinski definition) is 3. The van der Waals surface area contributed by atoms with E-state index in [1.807, 2.05) is 0 Å². The fourth-order valence-electron chi connectivity index (χ4n) is 2.43. The van der Waals surface area contributed by atoms with Crippen molar-refractivity contribution in [2.45, 2.75) is 12.6 Å². The normalized spacial score (nSPS) is 11.7. The van der Waals surface area contributed by atoms with Crippen LogP contribution in [0, 0.1) is 0 Å². The molecule has 2 amide bonds. The number of halogens is 3. The summed E-state index contributed by atoms with van der Waals surface area (Å²) < 4.78 is 61.1. The van der Waals surface area contributed by atoms with E-state index >= 15 is 0 Å². The van der Waals surface area contributed by atoms with Gasteiger partial charge >= 0.3 is 6.18 Å². The number of nitrogens with one attached hydrogen (secondary N) is 3. The Balaban J connectivity index is 1.96. The number of carbonyl (C=O) groups excluding carboxylic acids is 2. The van der Waals surface area contributed by atoms with Crippen molar-refractivity contribution < 1.29 is 31.2 Å². The van der Waals surface area contributed by atoms with E-state index in [0.29, 0.717) is 12.0 Å². The van der Waals surface area contributed by atoms with Crippen LogP contribution in [-0.4, -0.2) is 45.8 Å². The van der Waals surface area contributed by atoms with E-state index in [1.54, 1.807) is 29.6 Å². The lowest BCUT2D eigenvalue weighted by Crippen LogP contribution is -2.33. The minimum absolute atomic E-state index is 0.0224. The zero-order chi connectivity index (χ0) is 22.4. The van der Waals surface area contributed by atoms with E-state index in [2.05, 4.69) is 10.0 Å². The van der Waals surface area contributed by atoms with Crippen molar-refractivity contribution in [3.8, 4) is 0 Å². The molecule has 7 nitrogen and oxygen atoms in total. The lowest BCUT2D eigenvalue weighted by atomic mass is 10.1. The Morgan fingerprint density at radius 3 is 2.23 bits per heavy atom. The molecule has 0 bridgehead atoms. The first kappa shape index (κ1) is 23.4. The van der Waals surface area contributed by atoms with Crippen molar-refractivity contribution in [3.63, 3.8) is 0 Å². The molecule has 0 fully saturated rings. The van der Waals surface area contributed by atoms with Gasteiger partial charge in [-0.05, 0) is 42.3 Å². The van der Waals surface area contributed by atoms with Gasteiger partial charge in [0.25, 0.3) is 11.8 Å². The molecule has 2 aromatic carbocycles. The molecule has 0 spiro atoms. The second-order valence-corrected chi connectivity index (χ2v) is 8.28. The summed E-state index contributed by atoms with van der Waals surface area (Å²) in [6.07, 6.45) is -3.01. The minimum atomic E-state index is -4.52. The fourth-order valence-corrected chi connectivity index (χ4v) is 2.90. The summed E-state index contributed by atoms with van der Waals surface area (Å²) in [6, 6.07) is 12.0. The number of carbonyl (C=O) groups is 2. The van der Waals surface area contributed by atoms with Crippen molar-refractivity contribution in [2.24, 2.45) is 0 Å². The van der Waals surface area contributed by atoms with Gasteiger partial charge in [-0.25, -0.2) is 13.1 Å². The second-order valence-electron chi connectivity index (χ2n) is 6.45. The molecular formula is C19H20F3N3O4S. The van der Waals surface area contributed by atoms with Gasteiger partial charge in [-0.15, -0.1) is 0 Å². The Bertz CT molecular complexity index is 1010. The van der Waals surface area contributed by atoms with Crippen LogP contribution in [-0.2, 0) is 16.4 Å². The van der Waals surface area contributed by atoms with Crippen LogP contribution in [0.1, 0.15) is 26.3 Å². The van der Waals surface area contributed by atoms with Gasteiger partial charge in [0.2, 0.25) is 10.0 Å². The van der Waals surface area contributed by atoms with Crippen molar-refractivity contribution in [1.82, 2.24) is 10.0 Å². The molecule has 0 aliphatic heterocycles. The number of anilines is 1. The fraction of sp³-hybridized carbons (Fsp3) is 0.263. The van der Waals surface area contributed by atoms with Crippen molar-refractivity contribution in [2.75, 3.05) is 24.7 Å². The van der Waals surface area contributed by atoms with Crippen LogP contribution in [0.2, 0.25) is 0 Å². The summed E-state index contributed by atoms with van der Waals surface area (Å²) in [5.41, 5.74) is 1.37. The van der Waals surface area contributed by atoms with E-state index in [1.165, 1.54) is 24.3 Å². The maximum Gasteiger partial charge on any atom is 0.405 e. The third kappa shape index (κ3) is 8.21. The van der Waals surface area contributed by atoms with Crippen LogP contribution < -0.4 is 15.4 Å². The van der Waals surface area contributed by atoms with Crippen LogP contribution in [0.25, 0.3) is 0 Å². The summed E-state index contributed by atoms with van der Waals surface area (Å²) in [7, 11) is -3.27. The Labute approximate surface area is 171 Å². The zero-order valence-corrected chi connectivity index (χ0v) is 16.7. The Morgan fingerprint density at radius 1 is 0.967 bits per heavy atom. The van der Waals surface area contributed by atoms with Gasteiger partial charge in [-0.1, -0.05) is 18.2 Å². The first-order chi connectivity index (χ1) is 13.9. The summed E-state index contributed by atoms with van der Waals surface area (Å²) in [4.78, 5) is 24.2. The molecular weight excluding hydrogens is 423 g/mol. The highest BCUT2D eigenvalue weighted by Crippen LogP contribution is 2.15. The highest BCUT2D eigenvalue weighted by atomic mass is 32.2. The molecule has 0 saturated carbocycles. The Morgan fingerprint density at radius 2 is 1.63 bits per heavy atom. The van der Waals surface area contributed by atoms with Gasteiger partial charge < -0.3 is 10.6 Å². The minimum Gasteiger partial charge on any atom is -0.343 e. The van der Waals surface area contributed by atoms with Crippen LogP contribution in [0.15, 0.2) is 48.5 Å². The third-order valence-corrected chi connectivity index (χ3v) is 4.55. The first-order valence-corrected chi connectivity index (χ1v) is 10.6. The predicted octanol–water partition coefficient (Wildman–Crippen LogP) is 2.32. The Kier molecular flexibility index (Phi) is 7.57. The average Bonchev–Trinajstić information content (AvgIpc) is 2.65. The molecule has 2 rings (SSSR count). The highest BCUT2D eigenvalue weighted by molar-refractivity contribution is 7.88. The van der Waals surface area contributed by atoms with Crippen LogP contribution in [0.3, 0.4) is 0 Å². The molecule has 0 heterocycles. The summed E-state index contributed by atoms with van der Waals surface area (Å²) in [5.74, 6) is -1.38. The lowest BCUT2D eigenvalue weighted by molar-refractivity contribution is -0.123. The summed E-state index contributed by atoms with van der Waals surface area (Å²) in [6.45, 7) is -1.22. The standard InChI is InChI=1S/C19H20F3N3O4S/c1-30(28,29)24-10-9-13-5-7-14(8-6-13)18(27)25-16-4-2-3-15(11-16)17(26)23-12-19(20,21)22/h2-8,11,24H,9-10,12H2,1H3,(H,23,26)(H,25,27). The number of sulfonamides is 1. The molecule has 0 aliphatic rings. The topological polar surface area (TPSA) is 104 Å². The van der Waals surface area contributed by atoms with E-state index in [9.17, 15) is 31.2 Å². The molecule has 2 aromatic rings. The zero-order valence-electron chi connectivity index (χ0n) is 15.9. The molecule has 0 unspecified atom stereocenters. The number of amides is 2. The van der Waals surface area contributed by atoms with Crippen molar-refractivity contribution >= 4 is 27.5 Å². The van der Waals surface area contributed by atoms with Gasteiger partial charge in [0.05, 0.1) is 6.26 Å². The van der Waals surface area contributed by atoms with Crippen LogP contribution in [0.5, 0.6) is 0 Å². The Hall–Kier alpha value is -2.92. The summed E-state index contributed by atoms with van der Waals surface area (Å²) in [5, 5.41) is 4.34. The molecule has 0 saturated heterocycles. The van der Waals surface area contributed by atoms with Gasteiger partial charge in [0.1, 0.15) is 6.54 Å². The number of hydrogen-bond acceptors (Lipinski definition) is 4. The van der Waals surface area contributed by atoms with Crippen LogP contribution in [0.4, 0.5) is 18.9 Å². The molecule has 0 aromatic heterocycles. The quantitative estimate of drug-likeness (QED) is 0.583. The smallest absolute Gasteiger partial charge is 0.343 e. The van der Waals surface area contributed by atoms with E-state index in [4.69, 9.17) is 0 Å². The van der Waals surface area contributed by atoms with Crippen molar-refractivity contribution in [1.29, 1.82) is 0 Å². The second kappa shape index (κ2) is 9.72. The number of benzene rings is 2. The van der Waals surface area contributed by atoms with E-state index in [-0.39, 0.29) is 17.8 Å². The summed E-state index contributed by atoms with van der Waals surface area (Å²) >= 11 is 0. The SMILES string of the molecule is CS(=O)(=O)NCCc1ccc(C(=O)Nc2cccc(C(=O)NCC(F)(F)F)c2)cc1. The molecule has 11 heteroatoms. The number of rotatable bonds is 8. The van der Waals surface area contributed by atoms with E-state index in [0.717, 1.165) is 11.8 Å². The monoisotopic (exact) mass is 443 g/mol. The van der Waals surface area contributed by atoms with Gasteiger partial charge in [0.15, 0.2) is 0 Å². The van der Waals surface area contributed by atoms with Gasteiger partial charge in [0, 0.05) is 23.4 Å². The highest BCUT2D eigenvalue weighted by Gasteiger charge is 2.27. The maximum atomic E-state index is 12.4. The molecule has 0 atom stereocenters. The molecule has 30 heavy (non-hydrogen) atoms. The molecule has 3 N–H and O–H groups in total. The van der Waals surface area contributed by atoms with Crippen molar-refractivity contribution in [3.05, 3.63) is 65.2 Å². The average molecular weight is 443 g/mol. The maximum absolute atomic E-state index is 12.4. The van der Waals surface area contributed by atoms with Crippen LogP contribution >= 0.6 is 0 Å². The molecule has 0 aliphatic carbocycles. The molecule has 162 valence electrons. The number of alkyl halides is 3. The predicted molar refractivity (Wildman–Crippen MR) is 106 cm³/mol. The first-order valence-electron chi connectivity index (χ1n) is 8.73. The van der Waals surface area contributed by atoms with Gasteiger partial charge in [-0.3, -0.25) is 9.59 Å². The van der Waals surface area contributed by atoms with E-state index < -0.39 is 34.6 Å².